The van der Waals surface area contributed by atoms with Gasteiger partial charge in [0.2, 0.25) is 0 Å². The van der Waals surface area contributed by atoms with Crippen molar-refractivity contribution in [2.24, 2.45) is 5.92 Å². The number of sulfone groups is 1. The average Bonchev–Trinajstić information content (AvgIpc) is 2.45. The quantitative estimate of drug-likeness (QED) is 0.811. The van der Waals surface area contributed by atoms with E-state index in [2.05, 4.69) is 17.1 Å². The Hall–Kier alpha value is -1.27. The van der Waals surface area contributed by atoms with Gasteiger partial charge in [0.05, 0.1) is 16.3 Å². The highest BCUT2D eigenvalue weighted by Gasteiger charge is 2.18. The van der Waals surface area contributed by atoms with E-state index in [1.165, 1.54) is 25.2 Å². The van der Waals surface area contributed by atoms with Crippen molar-refractivity contribution < 1.29 is 8.42 Å². The summed E-state index contributed by atoms with van der Waals surface area (Å²) in [6.07, 6.45) is 3.58. The maximum atomic E-state index is 11.5. The van der Waals surface area contributed by atoms with E-state index in [-0.39, 0.29) is 4.90 Å². The topological polar surface area (TPSA) is 75.4 Å². The fraction of sp³-hybridized carbons (Fsp3) is 0.600. The molecule has 0 atom stereocenters. The Labute approximate surface area is 127 Å². The molecule has 0 aliphatic carbocycles. The fourth-order valence-electron chi connectivity index (χ4n) is 2.69. The second-order valence-electron chi connectivity index (χ2n) is 5.78. The number of likely N-dealkylation sites (tertiary alicyclic amines) is 1. The van der Waals surface area contributed by atoms with Crippen molar-refractivity contribution in [3.63, 3.8) is 0 Å². The van der Waals surface area contributed by atoms with Crippen LogP contribution in [0.1, 0.15) is 19.8 Å². The molecule has 0 amide bonds. The molecule has 0 bridgehead atoms. The zero-order chi connectivity index (χ0) is 15.5. The van der Waals surface area contributed by atoms with E-state index >= 15 is 0 Å². The number of nitrogens with one attached hydrogen (secondary N) is 1. The van der Waals surface area contributed by atoms with Crippen LogP contribution in [0.5, 0.6) is 0 Å². The van der Waals surface area contributed by atoms with Gasteiger partial charge < -0.3 is 16.0 Å². The van der Waals surface area contributed by atoms with E-state index in [9.17, 15) is 8.42 Å². The number of anilines is 2. The van der Waals surface area contributed by atoms with Gasteiger partial charge in [-0.05, 0) is 56.6 Å². The van der Waals surface area contributed by atoms with E-state index in [0.29, 0.717) is 11.6 Å². The van der Waals surface area contributed by atoms with Crippen molar-refractivity contribution in [1.82, 2.24) is 4.90 Å². The van der Waals surface area contributed by atoms with Crippen LogP contribution in [0.3, 0.4) is 0 Å². The molecule has 1 aromatic rings. The van der Waals surface area contributed by atoms with Gasteiger partial charge in [-0.25, -0.2) is 8.42 Å². The maximum Gasteiger partial charge on any atom is 0.175 e. The Bertz CT molecular complexity index is 579. The number of piperidine rings is 1. The molecular weight excluding hydrogens is 286 g/mol. The highest BCUT2D eigenvalue weighted by molar-refractivity contribution is 7.90. The van der Waals surface area contributed by atoms with Crippen molar-refractivity contribution in [2.45, 2.75) is 24.7 Å². The molecule has 1 heterocycles. The van der Waals surface area contributed by atoms with Crippen LogP contribution < -0.4 is 11.1 Å². The lowest BCUT2D eigenvalue weighted by Crippen LogP contribution is -2.35. The van der Waals surface area contributed by atoms with Crippen LogP contribution in [-0.2, 0) is 9.84 Å². The second-order valence-corrected chi connectivity index (χ2v) is 7.80. The van der Waals surface area contributed by atoms with Crippen LogP contribution in [0.15, 0.2) is 23.1 Å². The lowest BCUT2D eigenvalue weighted by molar-refractivity contribution is 0.198. The van der Waals surface area contributed by atoms with Gasteiger partial charge in [-0.1, -0.05) is 6.92 Å². The summed E-state index contributed by atoms with van der Waals surface area (Å²) in [5.41, 5.74) is 7.25. The van der Waals surface area contributed by atoms with E-state index < -0.39 is 9.84 Å². The Morgan fingerprint density at radius 3 is 2.52 bits per heavy atom. The van der Waals surface area contributed by atoms with Crippen molar-refractivity contribution in [3.8, 4) is 0 Å². The summed E-state index contributed by atoms with van der Waals surface area (Å²) in [4.78, 5) is 2.73. The number of nitrogen functional groups attached to an aromatic ring is 1. The molecule has 6 heteroatoms. The second kappa shape index (κ2) is 6.66. The molecule has 1 fully saturated rings. The van der Waals surface area contributed by atoms with Crippen LogP contribution in [0.2, 0.25) is 0 Å². The molecule has 0 spiro atoms. The smallest absolute Gasteiger partial charge is 0.175 e. The minimum absolute atomic E-state index is 0.266. The first-order valence-electron chi connectivity index (χ1n) is 7.46. The third-order valence-corrected chi connectivity index (χ3v) is 5.30. The maximum absolute atomic E-state index is 11.5. The zero-order valence-corrected chi connectivity index (χ0v) is 13.6. The zero-order valence-electron chi connectivity index (χ0n) is 12.8. The largest absolute Gasteiger partial charge is 0.397 e. The Morgan fingerprint density at radius 2 is 2.00 bits per heavy atom. The molecule has 21 heavy (non-hydrogen) atoms. The van der Waals surface area contributed by atoms with Gasteiger partial charge in [-0.3, -0.25) is 0 Å². The van der Waals surface area contributed by atoms with Gasteiger partial charge in [0.25, 0.3) is 0 Å². The third-order valence-electron chi connectivity index (χ3n) is 4.19. The molecule has 0 aromatic heterocycles. The van der Waals surface area contributed by atoms with Crippen molar-refractivity contribution in [2.75, 3.05) is 43.5 Å². The predicted octanol–water partition coefficient (Wildman–Crippen LogP) is 1.82. The molecule has 2 rings (SSSR count). The number of nitrogens with two attached hydrogens (primary N) is 1. The van der Waals surface area contributed by atoms with Gasteiger partial charge in [-0.15, -0.1) is 0 Å². The first-order chi connectivity index (χ1) is 9.90. The number of rotatable bonds is 5. The van der Waals surface area contributed by atoms with Gasteiger partial charge in [0.15, 0.2) is 9.84 Å². The van der Waals surface area contributed by atoms with E-state index in [4.69, 9.17) is 5.73 Å². The van der Waals surface area contributed by atoms with E-state index in [1.54, 1.807) is 12.1 Å². The summed E-state index contributed by atoms with van der Waals surface area (Å²) in [6, 6.07) is 4.89. The van der Waals surface area contributed by atoms with Crippen LogP contribution in [-0.4, -0.2) is 45.8 Å². The first-order valence-corrected chi connectivity index (χ1v) is 9.35. The summed E-state index contributed by atoms with van der Waals surface area (Å²) in [5, 5.41) is 3.36. The number of benzene rings is 1. The minimum Gasteiger partial charge on any atom is -0.397 e. The highest BCUT2D eigenvalue weighted by atomic mass is 32.2. The molecule has 1 saturated heterocycles. The third kappa shape index (κ3) is 4.35. The summed E-state index contributed by atoms with van der Waals surface area (Å²) in [7, 11) is -3.20. The summed E-state index contributed by atoms with van der Waals surface area (Å²) < 4.78 is 23.0. The number of hydrogen-bond acceptors (Lipinski definition) is 5. The lowest BCUT2D eigenvalue weighted by Gasteiger charge is -2.31. The summed E-state index contributed by atoms with van der Waals surface area (Å²) in [5.74, 6) is 0.654. The molecule has 1 aliphatic rings. The highest BCUT2D eigenvalue weighted by Crippen LogP contribution is 2.24. The van der Waals surface area contributed by atoms with Crippen molar-refractivity contribution in [1.29, 1.82) is 0 Å². The van der Waals surface area contributed by atoms with Crippen LogP contribution in [0.25, 0.3) is 0 Å². The number of nitrogens with zero attached hydrogens (tertiary/aromatic N) is 1. The predicted molar refractivity (Wildman–Crippen MR) is 87.3 cm³/mol. The van der Waals surface area contributed by atoms with Crippen molar-refractivity contribution >= 4 is 21.2 Å². The molecule has 0 unspecified atom stereocenters. The van der Waals surface area contributed by atoms with Gasteiger partial charge in [0.1, 0.15) is 0 Å². The molecule has 5 nitrogen and oxygen atoms in total. The summed E-state index contributed by atoms with van der Waals surface area (Å²) in [6.45, 7) is 6.53. The van der Waals surface area contributed by atoms with E-state index in [0.717, 1.165) is 31.9 Å². The van der Waals surface area contributed by atoms with Crippen molar-refractivity contribution in [3.05, 3.63) is 18.2 Å². The molecule has 1 aromatic carbocycles. The van der Waals surface area contributed by atoms with Crippen LogP contribution >= 0.6 is 0 Å². The van der Waals surface area contributed by atoms with Crippen LogP contribution in [0.4, 0.5) is 11.4 Å². The lowest BCUT2D eigenvalue weighted by atomic mass is 9.97. The van der Waals surface area contributed by atoms with E-state index in [1.807, 2.05) is 0 Å². The normalized spacial score (nSPS) is 17.8. The number of hydrogen-bond donors (Lipinski definition) is 2. The Kier molecular flexibility index (Phi) is 5.11. The molecule has 0 radical (unpaired) electrons. The van der Waals surface area contributed by atoms with Crippen LogP contribution in [0, 0.1) is 5.92 Å². The fourth-order valence-corrected chi connectivity index (χ4v) is 3.35. The first kappa shape index (κ1) is 16.1. The van der Waals surface area contributed by atoms with Gasteiger partial charge in [-0.2, -0.15) is 0 Å². The SMILES string of the molecule is CCN1CCC(CNc2ccc(S(C)(=O)=O)cc2N)CC1. The summed E-state index contributed by atoms with van der Waals surface area (Å²) >= 11 is 0. The molecule has 118 valence electrons. The van der Waals surface area contributed by atoms with Gasteiger partial charge in [0, 0.05) is 12.8 Å². The molecular formula is C15H25N3O2S. The Morgan fingerprint density at radius 1 is 1.33 bits per heavy atom. The minimum atomic E-state index is -3.20. The molecule has 3 N–H and O–H groups in total. The monoisotopic (exact) mass is 311 g/mol. The average molecular weight is 311 g/mol. The molecule has 0 saturated carbocycles. The standard InChI is InChI=1S/C15H25N3O2S/c1-3-18-8-6-12(7-9-18)11-17-15-5-4-13(10-14(15)16)21(2,19)20/h4-5,10,12,17H,3,6-9,11,16H2,1-2H3. The Balaban J connectivity index is 1.92. The molecule has 1 aliphatic heterocycles. The van der Waals surface area contributed by atoms with Gasteiger partial charge >= 0.3 is 0 Å².